The van der Waals surface area contributed by atoms with Crippen molar-refractivity contribution in [1.29, 1.82) is 0 Å². The van der Waals surface area contributed by atoms with E-state index in [9.17, 15) is 4.79 Å². The molecule has 0 aliphatic carbocycles. The van der Waals surface area contributed by atoms with Crippen LogP contribution in [-0.2, 0) is 18.4 Å². The van der Waals surface area contributed by atoms with E-state index >= 15 is 0 Å². The summed E-state index contributed by atoms with van der Waals surface area (Å²) in [5, 5.41) is 6.93. The molecule has 1 atom stereocenters. The molecular weight excluding hydrogens is 216 g/mol. The molecule has 0 spiro atoms. The molecule has 2 heterocycles. The zero-order valence-electron chi connectivity index (χ0n) is 10.7. The molecule has 17 heavy (non-hydrogen) atoms. The van der Waals surface area contributed by atoms with Crippen LogP contribution in [0.5, 0.6) is 0 Å². The fourth-order valence-electron chi connectivity index (χ4n) is 2.57. The first-order chi connectivity index (χ1) is 8.06. The number of aromatic nitrogens is 2. The van der Waals surface area contributed by atoms with Crippen molar-refractivity contribution in [2.75, 3.05) is 13.6 Å². The van der Waals surface area contributed by atoms with Crippen molar-refractivity contribution in [3.05, 3.63) is 18.0 Å². The maximum absolute atomic E-state index is 12.0. The molecule has 1 aliphatic rings. The molecule has 1 aromatic rings. The Morgan fingerprint density at radius 3 is 3.00 bits per heavy atom. The van der Waals surface area contributed by atoms with Gasteiger partial charge in [0.15, 0.2) is 0 Å². The lowest BCUT2D eigenvalue weighted by Gasteiger charge is -2.33. The van der Waals surface area contributed by atoms with Crippen LogP contribution in [0, 0.1) is 0 Å². The van der Waals surface area contributed by atoms with Crippen LogP contribution in [0.2, 0.25) is 0 Å². The Labute approximate surface area is 102 Å². The van der Waals surface area contributed by atoms with Gasteiger partial charge in [0, 0.05) is 32.4 Å². The number of rotatable bonds is 3. The van der Waals surface area contributed by atoms with E-state index in [1.54, 1.807) is 11.7 Å². The van der Waals surface area contributed by atoms with Crippen molar-refractivity contribution >= 4 is 5.91 Å². The molecule has 1 aliphatic heterocycles. The average Bonchev–Trinajstić information content (AvgIpc) is 2.87. The lowest BCUT2D eigenvalue weighted by atomic mass is 9.97. The molecule has 2 rings (SSSR count). The molecule has 1 saturated heterocycles. The largest absolute Gasteiger partial charge is 0.358 e. The van der Waals surface area contributed by atoms with Gasteiger partial charge in [-0.2, -0.15) is 5.10 Å². The summed E-state index contributed by atoms with van der Waals surface area (Å²) in [5.41, 5.74) is 0.787. The summed E-state index contributed by atoms with van der Waals surface area (Å²) >= 11 is 0. The summed E-state index contributed by atoms with van der Waals surface area (Å²) in [6, 6.07) is 0. The Morgan fingerprint density at radius 1 is 1.65 bits per heavy atom. The fraction of sp³-hybridized carbons (Fsp3) is 0.667. The molecule has 0 bridgehead atoms. The molecule has 0 saturated carbocycles. The van der Waals surface area contributed by atoms with Gasteiger partial charge in [0.25, 0.3) is 0 Å². The van der Waals surface area contributed by atoms with Crippen LogP contribution in [0.3, 0.4) is 0 Å². The second-order valence-electron chi connectivity index (χ2n) is 4.90. The Kier molecular flexibility index (Phi) is 3.19. The normalized spacial score (nSPS) is 25.1. The Morgan fingerprint density at radius 2 is 2.41 bits per heavy atom. The number of hydrogen-bond donors (Lipinski definition) is 1. The number of likely N-dealkylation sites (tertiary alicyclic amines) is 1. The van der Waals surface area contributed by atoms with Crippen LogP contribution in [0.1, 0.15) is 25.3 Å². The van der Waals surface area contributed by atoms with Gasteiger partial charge in [-0.3, -0.25) is 14.4 Å². The third-order valence-electron chi connectivity index (χ3n) is 3.64. The Balaban J connectivity index is 2.12. The van der Waals surface area contributed by atoms with E-state index in [1.165, 1.54) is 0 Å². The van der Waals surface area contributed by atoms with Crippen LogP contribution in [0.4, 0.5) is 0 Å². The Hall–Kier alpha value is -1.36. The summed E-state index contributed by atoms with van der Waals surface area (Å²) in [4.78, 5) is 14.2. The van der Waals surface area contributed by atoms with Gasteiger partial charge in [0.1, 0.15) is 0 Å². The van der Waals surface area contributed by atoms with Gasteiger partial charge in [0.2, 0.25) is 5.91 Å². The minimum absolute atomic E-state index is 0.110. The van der Waals surface area contributed by atoms with Crippen molar-refractivity contribution in [1.82, 2.24) is 20.0 Å². The van der Waals surface area contributed by atoms with E-state index in [-0.39, 0.29) is 11.4 Å². The van der Waals surface area contributed by atoms with E-state index < -0.39 is 0 Å². The van der Waals surface area contributed by atoms with E-state index in [0.717, 1.165) is 31.5 Å². The van der Waals surface area contributed by atoms with Gasteiger partial charge in [-0.15, -0.1) is 0 Å². The molecule has 1 fully saturated rings. The molecule has 1 aromatic heterocycles. The SMILES string of the molecule is CNC(=O)C1(C)CCCN1Cc1cnn(C)c1. The maximum atomic E-state index is 12.0. The molecule has 1 unspecified atom stereocenters. The monoisotopic (exact) mass is 236 g/mol. The van der Waals surface area contributed by atoms with Crippen molar-refractivity contribution in [2.45, 2.75) is 31.8 Å². The summed E-state index contributed by atoms with van der Waals surface area (Å²) < 4.78 is 1.79. The third kappa shape index (κ3) is 2.20. The average molecular weight is 236 g/mol. The van der Waals surface area contributed by atoms with Crippen molar-refractivity contribution in [2.24, 2.45) is 7.05 Å². The van der Waals surface area contributed by atoms with Crippen LogP contribution < -0.4 is 5.32 Å². The lowest BCUT2D eigenvalue weighted by Crippen LogP contribution is -2.52. The zero-order valence-corrected chi connectivity index (χ0v) is 10.7. The van der Waals surface area contributed by atoms with E-state index in [4.69, 9.17) is 0 Å². The smallest absolute Gasteiger partial charge is 0.239 e. The minimum Gasteiger partial charge on any atom is -0.358 e. The highest BCUT2D eigenvalue weighted by Gasteiger charge is 2.42. The van der Waals surface area contributed by atoms with Crippen molar-refractivity contribution in [3.63, 3.8) is 0 Å². The number of hydrogen-bond acceptors (Lipinski definition) is 3. The van der Waals surface area contributed by atoms with E-state index in [0.29, 0.717) is 0 Å². The molecular formula is C12H20N4O. The number of nitrogens with zero attached hydrogens (tertiary/aromatic N) is 3. The summed E-state index contributed by atoms with van der Waals surface area (Å²) in [6.45, 7) is 3.78. The number of carbonyl (C=O) groups excluding carboxylic acids is 1. The predicted octanol–water partition coefficient (Wildman–Crippen LogP) is 0.521. The number of carbonyl (C=O) groups is 1. The quantitative estimate of drug-likeness (QED) is 0.832. The number of nitrogens with one attached hydrogen (secondary N) is 1. The third-order valence-corrected chi connectivity index (χ3v) is 3.64. The van der Waals surface area contributed by atoms with Crippen molar-refractivity contribution < 1.29 is 4.79 Å². The molecule has 5 heteroatoms. The van der Waals surface area contributed by atoms with Gasteiger partial charge in [-0.05, 0) is 26.3 Å². The molecule has 0 aromatic carbocycles. The highest BCUT2D eigenvalue weighted by Crippen LogP contribution is 2.30. The summed E-state index contributed by atoms with van der Waals surface area (Å²) in [7, 11) is 3.61. The van der Waals surface area contributed by atoms with Crippen LogP contribution >= 0.6 is 0 Å². The first kappa shape index (κ1) is 12.1. The van der Waals surface area contributed by atoms with E-state index in [1.807, 2.05) is 26.4 Å². The number of amides is 1. The second-order valence-corrected chi connectivity index (χ2v) is 4.90. The van der Waals surface area contributed by atoms with Gasteiger partial charge in [-0.1, -0.05) is 0 Å². The highest BCUT2D eigenvalue weighted by atomic mass is 16.2. The van der Waals surface area contributed by atoms with Gasteiger partial charge in [-0.25, -0.2) is 0 Å². The number of likely N-dealkylation sites (N-methyl/N-ethyl adjacent to an activating group) is 1. The fourth-order valence-corrected chi connectivity index (χ4v) is 2.57. The summed E-state index contributed by atoms with van der Waals surface area (Å²) in [5.74, 6) is 0.110. The van der Waals surface area contributed by atoms with E-state index in [2.05, 4.69) is 15.3 Å². The van der Waals surface area contributed by atoms with Gasteiger partial charge in [0.05, 0.1) is 11.7 Å². The second kappa shape index (κ2) is 4.49. The highest BCUT2D eigenvalue weighted by molar-refractivity contribution is 5.85. The van der Waals surface area contributed by atoms with Crippen LogP contribution in [0.25, 0.3) is 0 Å². The van der Waals surface area contributed by atoms with Gasteiger partial charge >= 0.3 is 0 Å². The standard InChI is InChI=1S/C12H20N4O/c1-12(11(17)13-2)5-4-6-16(12)9-10-7-14-15(3)8-10/h7-8H,4-6,9H2,1-3H3,(H,13,17). The molecule has 5 nitrogen and oxygen atoms in total. The molecule has 1 amide bonds. The lowest BCUT2D eigenvalue weighted by molar-refractivity contribution is -0.130. The van der Waals surface area contributed by atoms with Crippen molar-refractivity contribution in [3.8, 4) is 0 Å². The zero-order chi connectivity index (χ0) is 12.5. The van der Waals surface area contributed by atoms with Crippen LogP contribution in [-0.4, -0.2) is 39.7 Å². The topological polar surface area (TPSA) is 50.2 Å². The minimum atomic E-state index is -0.370. The maximum Gasteiger partial charge on any atom is 0.239 e. The first-order valence-electron chi connectivity index (χ1n) is 6.01. The summed E-state index contributed by atoms with van der Waals surface area (Å²) in [6.07, 6.45) is 5.86. The number of aryl methyl sites for hydroxylation is 1. The predicted molar refractivity (Wildman–Crippen MR) is 65.3 cm³/mol. The first-order valence-corrected chi connectivity index (χ1v) is 6.01. The Bertz CT molecular complexity index is 414. The molecule has 0 radical (unpaired) electrons. The molecule has 1 N–H and O–H groups in total. The molecule has 94 valence electrons. The van der Waals surface area contributed by atoms with Crippen LogP contribution in [0.15, 0.2) is 12.4 Å². The van der Waals surface area contributed by atoms with Gasteiger partial charge < -0.3 is 5.32 Å².